The molecule has 8 heteroatoms. The Morgan fingerprint density at radius 1 is 1.23 bits per heavy atom. The van der Waals surface area contributed by atoms with Gasteiger partial charge in [0.25, 0.3) is 0 Å². The van der Waals surface area contributed by atoms with Crippen molar-refractivity contribution in [1.82, 2.24) is 19.2 Å². The molecule has 1 aromatic heterocycles. The average molecular weight is 449 g/mol. The molecule has 1 N–H and O–H groups in total. The molecule has 1 aliphatic carbocycles. The van der Waals surface area contributed by atoms with Gasteiger partial charge < -0.3 is 9.88 Å². The van der Waals surface area contributed by atoms with E-state index in [0.717, 1.165) is 30.7 Å². The summed E-state index contributed by atoms with van der Waals surface area (Å²) in [5.41, 5.74) is 1.56. The predicted molar refractivity (Wildman–Crippen MR) is 123 cm³/mol. The molecule has 0 bridgehead atoms. The molecule has 1 aliphatic rings. The molecule has 31 heavy (non-hydrogen) atoms. The summed E-state index contributed by atoms with van der Waals surface area (Å²) in [6.07, 6.45) is 5.47. The van der Waals surface area contributed by atoms with Gasteiger partial charge in [-0.3, -0.25) is 4.79 Å². The van der Waals surface area contributed by atoms with Crippen LogP contribution >= 0.6 is 0 Å². The molecule has 1 saturated carbocycles. The average Bonchev–Trinajstić information content (AvgIpc) is 3.09. The van der Waals surface area contributed by atoms with E-state index in [0.29, 0.717) is 37.4 Å². The van der Waals surface area contributed by atoms with Gasteiger partial charge in [-0.25, -0.2) is 13.4 Å². The van der Waals surface area contributed by atoms with Gasteiger partial charge in [-0.05, 0) is 43.9 Å². The van der Waals surface area contributed by atoms with Gasteiger partial charge in [0.2, 0.25) is 15.9 Å². The Morgan fingerprint density at radius 3 is 2.61 bits per heavy atom. The van der Waals surface area contributed by atoms with E-state index in [1.165, 1.54) is 17.1 Å². The highest BCUT2D eigenvalue weighted by Gasteiger charge is 2.24. The van der Waals surface area contributed by atoms with Crippen molar-refractivity contribution in [2.24, 2.45) is 5.92 Å². The van der Waals surface area contributed by atoms with Crippen LogP contribution in [0.3, 0.4) is 0 Å². The van der Waals surface area contributed by atoms with E-state index in [-0.39, 0.29) is 16.8 Å². The zero-order valence-electron chi connectivity index (χ0n) is 19.2. The molecule has 0 saturated heterocycles. The molecule has 7 nitrogen and oxygen atoms in total. The maximum absolute atomic E-state index is 12.9. The summed E-state index contributed by atoms with van der Waals surface area (Å²) < 4.78 is 29.2. The lowest BCUT2D eigenvalue weighted by Gasteiger charge is -2.27. The molecule has 3 rings (SSSR count). The van der Waals surface area contributed by atoms with Gasteiger partial charge in [-0.15, -0.1) is 0 Å². The Morgan fingerprint density at radius 2 is 1.97 bits per heavy atom. The molecule has 2 atom stereocenters. The summed E-state index contributed by atoms with van der Waals surface area (Å²) in [6.45, 7) is 9.53. The highest BCUT2D eigenvalue weighted by atomic mass is 32.2. The molecule has 1 fully saturated rings. The second-order valence-electron chi connectivity index (χ2n) is 8.55. The lowest BCUT2D eigenvalue weighted by atomic mass is 9.87. The maximum Gasteiger partial charge on any atom is 0.243 e. The number of aryl methyl sites for hydroxylation is 2. The summed E-state index contributed by atoms with van der Waals surface area (Å²) in [6, 6.07) is 5.43. The van der Waals surface area contributed by atoms with E-state index in [1.807, 2.05) is 26.8 Å². The summed E-state index contributed by atoms with van der Waals surface area (Å²) >= 11 is 0. The van der Waals surface area contributed by atoms with Gasteiger partial charge in [-0.2, -0.15) is 4.31 Å². The number of hydrogen-bond donors (Lipinski definition) is 1. The lowest BCUT2D eigenvalue weighted by Crippen LogP contribution is -2.38. The zero-order chi connectivity index (χ0) is 22.6. The third-order valence-corrected chi connectivity index (χ3v) is 8.38. The highest BCUT2D eigenvalue weighted by molar-refractivity contribution is 7.89. The number of sulfonamides is 1. The van der Waals surface area contributed by atoms with Crippen LogP contribution in [0.1, 0.15) is 65.6 Å². The number of hydrogen-bond acceptors (Lipinski definition) is 4. The van der Waals surface area contributed by atoms with Crippen LogP contribution in [-0.2, 0) is 27.8 Å². The maximum atomic E-state index is 12.9. The van der Waals surface area contributed by atoms with Crippen LogP contribution in [0.25, 0.3) is 11.0 Å². The number of benzene rings is 1. The second-order valence-corrected chi connectivity index (χ2v) is 10.5. The predicted octanol–water partition coefficient (Wildman–Crippen LogP) is 3.71. The molecular weight excluding hydrogens is 412 g/mol. The van der Waals surface area contributed by atoms with E-state index in [2.05, 4.69) is 16.8 Å². The highest BCUT2D eigenvalue weighted by Crippen LogP contribution is 2.25. The Hall–Kier alpha value is -1.93. The fourth-order valence-electron chi connectivity index (χ4n) is 4.67. The monoisotopic (exact) mass is 448 g/mol. The topological polar surface area (TPSA) is 84.3 Å². The van der Waals surface area contributed by atoms with Gasteiger partial charge in [0.15, 0.2) is 0 Å². The Balaban J connectivity index is 1.76. The van der Waals surface area contributed by atoms with E-state index < -0.39 is 10.0 Å². The SMILES string of the molecule is CCN(CC)S(=O)(=O)c1ccc2c(c1)nc(CCC(=O)NC1CCCC(C)C1)n2CC. The van der Waals surface area contributed by atoms with Gasteiger partial charge in [0.1, 0.15) is 5.82 Å². The van der Waals surface area contributed by atoms with Gasteiger partial charge in [0.05, 0.1) is 15.9 Å². The number of amides is 1. The van der Waals surface area contributed by atoms with Crippen molar-refractivity contribution in [1.29, 1.82) is 0 Å². The van der Waals surface area contributed by atoms with E-state index in [1.54, 1.807) is 12.1 Å². The molecule has 1 aromatic carbocycles. The summed E-state index contributed by atoms with van der Waals surface area (Å²) in [4.78, 5) is 17.5. The number of carbonyl (C=O) groups excluding carboxylic acids is 1. The minimum absolute atomic E-state index is 0.0682. The molecule has 0 radical (unpaired) electrons. The minimum atomic E-state index is -3.53. The molecule has 172 valence electrons. The van der Waals surface area contributed by atoms with Crippen molar-refractivity contribution in [2.45, 2.75) is 83.7 Å². The fraction of sp³-hybridized carbons (Fsp3) is 0.652. The summed E-state index contributed by atoms with van der Waals surface area (Å²) in [7, 11) is -3.53. The molecule has 1 heterocycles. The fourth-order valence-corrected chi connectivity index (χ4v) is 6.15. The molecule has 2 unspecified atom stereocenters. The van der Waals surface area contributed by atoms with Gasteiger partial charge in [0, 0.05) is 38.5 Å². The molecule has 0 aliphatic heterocycles. The van der Waals surface area contributed by atoms with Crippen molar-refractivity contribution in [3.8, 4) is 0 Å². The van der Waals surface area contributed by atoms with Crippen LogP contribution in [0.2, 0.25) is 0 Å². The normalized spacial score (nSPS) is 19.8. The van der Waals surface area contributed by atoms with E-state index >= 15 is 0 Å². The number of rotatable bonds is 9. The lowest BCUT2D eigenvalue weighted by molar-refractivity contribution is -0.122. The zero-order valence-corrected chi connectivity index (χ0v) is 20.0. The van der Waals surface area contributed by atoms with E-state index in [4.69, 9.17) is 4.98 Å². The first kappa shape index (κ1) is 23.7. The van der Waals surface area contributed by atoms with Crippen LogP contribution < -0.4 is 5.32 Å². The summed E-state index contributed by atoms with van der Waals surface area (Å²) in [5, 5.41) is 3.18. The van der Waals surface area contributed by atoms with Gasteiger partial charge in [-0.1, -0.05) is 33.6 Å². The van der Waals surface area contributed by atoms with Crippen LogP contribution in [-0.4, -0.2) is 47.3 Å². The number of nitrogens with zero attached hydrogens (tertiary/aromatic N) is 3. The number of carbonyl (C=O) groups is 1. The van der Waals surface area contributed by atoms with Crippen LogP contribution in [0.4, 0.5) is 0 Å². The van der Waals surface area contributed by atoms with Crippen molar-refractivity contribution >= 4 is 27.0 Å². The number of fused-ring (bicyclic) bond motifs is 1. The van der Waals surface area contributed by atoms with Crippen LogP contribution in [0.5, 0.6) is 0 Å². The first-order chi connectivity index (χ1) is 14.8. The molecule has 0 spiro atoms. The van der Waals surface area contributed by atoms with Crippen LogP contribution in [0.15, 0.2) is 23.1 Å². The first-order valence-electron chi connectivity index (χ1n) is 11.6. The first-order valence-corrected chi connectivity index (χ1v) is 13.0. The number of imidazole rings is 1. The molecular formula is C23H36N4O3S. The Bertz CT molecular complexity index is 1010. The number of nitrogens with one attached hydrogen (secondary N) is 1. The largest absolute Gasteiger partial charge is 0.353 e. The van der Waals surface area contributed by atoms with Crippen LogP contribution in [0, 0.1) is 5.92 Å². The van der Waals surface area contributed by atoms with Crippen molar-refractivity contribution in [3.05, 3.63) is 24.0 Å². The minimum Gasteiger partial charge on any atom is -0.353 e. The smallest absolute Gasteiger partial charge is 0.243 e. The van der Waals surface area contributed by atoms with Crippen molar-refractivity contribution in [2.75, 3.05) is 13.1 Å². The molecule has 2 aromatic rings. The Labute approximate surface area is 186 Å². The molecule has 1 amide bonds. The van der Waals surface area contributed by atoms with Gasteiger partial charge >= 0.3 is 0 Å². The quantitative estimate of drug-likeness (QED) is 0.634. The third kappa shape index (κ3) is 5.29. The van der Waals surface area contributed by atoms with E-state index in [9.17, 15) is 13.2 Å². The number of aromatic nitrogens is 2. The van der Waals surface area contributed by atoms with Crippen molar-refractivity contribution < 1.29 is 13.2 Å². The third-order valence-electron chi connectivity index (χ3n) is 6.34. The standard InChI is InChI=1S/C23H36N4O3S/c1-5-26(6-2)31(29,30)19-11-12-21-20(16-19)25-22(27(21)7-3)13-14-23(28)24-18-10-8-9-17(4)15-18/h11-12,16-18H,5-10,13-15H2,1-4H3,(H,24,28). The Kier molecular flexibility index (Phi) is 7.75. The van der Waals surface area contributed by atoms with Crippen molar-refractivity contribution in [3.63, 3.8) is 0 Å². The second kappa shape index (κ2) is 10.1. The summed E-state index contributed by atoms with van der Waals surface area (Å²) in [5.74, 6) is 1.56.